The molecule has 3 aromatic rings. The Morgan fingerprint density at radius 3 is 1.57 bits per heavy atom. The van der Waals surface area contributed by atoms with E-state index in [9.17, 15) is 9.90 Å². The van der Waals surface area contributed by atoms with E-state index in [-0.39, 0.29) is 13.0 Å². The number of aliphatic hydroxyl groups is 1. The number of carbonyl (C=O) groups is 1. The van der Waals surface area contributed by atoms with E-state index >= 15 is 0 Å². The summed E-state index contributed by atoms with van der Waals surface area (Å²) < 4.78 is 11.1. The molecule has 0 spiro atoms. The lowest BCUT2D eigenvalue weighted by atomic mass is 9.80. The fourth-order valence-corrected chi connectivity index (χ4v) is 3.32. The molecule has 3 aromatic carbocycles. The third kappa shape index (κ3) is 4.30. The van der Waals surface area contributed by atoms with Crippen LogP contribution in [0.4, 0.5) is 0 Å². The number of carbonyl (C=O) groups excluding carboxylic acids is 1. The van der Waals surface area contributed by atoms with E-state index in [0.29, 0.717) is 0 Å². The summed E-state index contributed by atoms with van der Waals surface area (Å²) in [6.07, 6.45) is -1.09. The van der Waals surface area contributed by atoms with Crippen LogP contribution in [0.2, 0.25) is 0 Å². The van der Waals surface area contributed by atoms with Gasteiger partial charge in [-0.15, -0.1) is 0 Å². The molecule has 0 aromatic heterocycles. The van der Waals surface area contributed by atoms with Crippen LogP contribution in [-0.4, -0.2) is 30.9 Å². The van der Waals surface area contributed by atoms with Crippen molar-refractivity contribution in [3.05, 3.63) is 108 Å². The Hall–Kier alpha value is -2.95. The number of methoxy groups -OCH3 is 1. The molecule has 0 aliphatic heterocycles. The van der Waals surface area contributed by atoms with Gasteiger partial charge in [-0.05, 0) is 16.7 Å². The van der Waals surface area contributed by atoms with E-state index in [4.69, 9.17) is 4.74 Å². The van der Waals surface area contributed by atoms with Crippen molar-refractivity contribution in [2.75, 3.05) is 13.7 Å². The lowest BCUT2D eigenvalue weighted by Gasteiger charge is -2.36. The standard InChI is InChI=1S/C24H24O4/c1-27-23(26)17-22(25)18-28-24(19-11-5-2-6-12-19,20-13-7-3-8-14-20)21-15-9-4-10-16-21/h2-16,22,25H,17-18H2,1H3. The van der Waals surface area contributed by atoms with Crippen LogP contribution in [0.1, 0.15) is 23.1 Å². The number of hydrogen-bond donors (Lipinski definition) is 1. The molecule has 0 saturated carbocycles. The highest BCUT2D eigenvalue weighted by Crippen LogP contribution is 2.40. The summed E-state index contributed by atoms with van der Waals surface area (Å²) in [5.41, 5.74) is 1.91. The monoisotopic (exact) mass is 376 g/mol. The summed E-state index contributed by atoms with van der Waals surface area (Å²) in [4.78, 5) is 11.5. The Morgan fingerprint density at radius 1 is 0.821 bits per heavy atom. The Kier molecular flexibility index (Phi) is 6.58. The number of esters is 1. The van der Waals surface area contributed by atoms with Crippen LogP contribution in [0.3, 0.4) is 0 Å². The molecule has 1 N–H and O–H groups in total. The zero-order valence-electron chi connectivity index (χ0n) is 15.8. The topological polar surface area (TPSA) is 55.8 Å². The molecule has 0 saturated heterocycles. The highest BCUT2D eigenvalue weighted by Gasteiger charge is 2.38. The van der Waals surface area contributed by atoms with Gasteiger partial charge in [0, 0.05) is 0 Å². The molecule has 1 atom stereocenters. The number of benzene rings is 3. The minimum atomic E-state index is -0.969. The quantitative estimate of drug-likeness (QED) is 0.478. The van der Waals surface area contributed by atoms with Crippen LogP contribution in [-0.2, 0) is 19.9 Å². The van der Waals surface area contributed by atoms with Gasteiger partial charge in [0.1, 0.15) is 5.60 Å². The zero-order valence-corrected chi connectivity index (χ0v) is 15.8. The summed E-state index contributed by atoms with van der Waals surface area (Å²) in [7, 11) is 1.30. The average Bonchev–Trinajstić information content (AvgIpc) is 2.76. The molecule has 0 radical (unpaired) electrons. The van der Waals surface area contributed by atoms with Crippen molar-refractivity contribution in [1.29, 1.82) is 0 Å². The lowest BCUT2D eigenvalue weighted by molar-refractivity contribution is -0.144. The summed E-state index contributed by atoms with van der Waals surface area (Å²) in [6, 6.07) is 29.7. The first kappa shape index (κ1) is 19.8. The maximum atomic E-state index is 11.5. The molecule has 1 unspecified atom stereocenters. The molecule has 0 aliphatic carbocycles. The Balaban J connectivity index is 2.07. The van der Waals surface area contributed by atoms with Gasteiger partial charge in [-0.1, -0.05) is 91.0 Å². The van der Waals surface area contributed by atoms with Crippen LogP contribution in [0, 0.1) is 0 Å². The van der Waals surface area contributed by atoms with Crippen LogP contribution < -0.4 is 0 Å². The molecule has 28 heavy (non-hydrogen) atoms. The molecule has 0 fully saturated rings. The van der Waals surface area contributed by atoms with Crippen LogP contribution in [0.25, 0.3) is 0 Å². The molecular weight excluding hydrogens is 352 g/mol. The predicted molar refractivity (Wildman–Crippen MR) is 108 cm³/mol. The molecule has 4 heteroatoms. The van der Waals surface area contributed by atoms with E-state index in [1.807, 2.05) is 91.0 Å². The van der Waals surface area contributed by atoms with Crippen LogP contribution in [0.15, 0.2) is 91.0 Å². The zero-order chi connectivity index (χ0) is 19.8. The largest absolute Gasteiger partial charge is 0.469 e. The second kappa shape index (κ2) is 9.31. The molecule has 0 aliphatic rings. The van der Waals surface area contributed by atoms with Gasteiger partial charge in [0.05, 0.1) is 26.2 Å². The molecule has 3 rings (SSSR count). The van der Waals surface area contributed by atoms with E-state index in [1.54, 1.807) is 0 Å². The summed E-state index contributed by atoms with van der Waals surface area (Å²) in [5.74, 6) is -0.471. The van der Waals surface area contributed by atoms with Crippen LogP contribution in [0.5, 0.6) is 0 Å². The highest BCUT2D eigenvalue weighted by atomic mass is 16.5. The van der Waals surface area contributed by atoms with Gasteiger partial charge in [0.15, 0.2) is 0 Å². The smallest absolute Gasteiger partial charge is 0.308 e. The highest BCUT2D eigenvalue weighted by molar-refractivity contribution is 5.69. The van der Waals surface area contributed by atoms with E-state index < -0.39 is 17.7 Å². The molecular formula is C24H24O4. The molecule has 144 valence electrons. The number of aliphatic hydroxyl groups excluding tert-OH is 1. The lowest BCUT2D eigenvalue weighted by Crippen LogP contribution is -2.36. The fraction of sp³-hybridized carbons (Fsp3) is 0.208. The van der Waals surface area contributed by atoms with Gasteiger partial charge in [-0.3, -0.25) is 4.79 Å². The minimum Gasteiger partial charge on any atom is -0.469 e. The maximum absolute atomic E-state index is 11.5. The molecule has 4 nitrogen and oxygen atoms in total. The SMILES string of the molecule is COC(=O)CC(O)COC(c1ccccc1)(c1ccccc1)c1ccccc1. The van der Waals surface area contributed by atoms with E-state index in [0.717, 1.165) is 16.7 Å². The van der Waals surface area contributed by atoms with Crippen molar-refractivity contribution in [3.63, 3.8) is 0 Å². The Morgan fingerprint density at radius 2 is 1.21 bits per heavy atom. The van der Waals surface area contributed by atoms with E-state index in [2.05, 4.69) is 4.74 Å². The second-order valence-corrected chi connectivity index (χ2v) is 6.52. The number of rotatable bonds is 8. The van der Waals surface area contributed by atoms with Crippen molar-refractivity contribution >= 4 is 5.97 Å². The Labute approximate surface area is 165 Å². The molecule has 0 bridgehead atoms. The number of ether oxygens (including phenoxy) is 2. The van der Waals surface area contributed by atoms with Gasteiger partial charge >= 0.3 is 5.97 Å². The van der Waals surface area contributed by atoms with Crippen molar-refractivity contribution < 1.29 is 19.4 Å². The van der Waals surface area contributed by atoms with Crippen molar-refractivity contribution in [3.8, 4) is 0 Å². The normalized spacial score (nSPS) is 12.4. The average molecular weight is 376 g/mol. The third-order valence-electron chi connectivity index (χ3n) is 4.66. The number of hydrogen-bond acceptors (Lipinski definition) is 4. The molecule has 0 amide bonds. The Bertz CT molecular complexity index is 766. The minimum absolute atomic E-state index is 0.0201. The second-order valence-electron chi connectivity index (χ2n) is 6.52. The van der Waals surface area contributed by atoms with Crippen molar-refractivity contribution in [2.45, 2.75) is 18.1 Å². The maximum Gasteiger partial charge on any atom is 0.308 e. The van der Waals surface area contributed by atoms with Gasteiger partial charge < -0.3 is 14.6 Å². The van der Waals surface area contributed by atoms with E-state index in [1.165, 1.54) is 7.11 Å². The summed E-state index contributed by atoms with van der Waals surface area (Å²) in [6.45, 7) is -0.0201. The van der Waals surface area contributed by atoms with Gasteiger partial charge in [-0.25, -0.2) is 0 Å². The summed E-state index contributed by atoms with van der Waals surface area (Å²) >= 11 is 0. The van der Waals surface area contributed by atoms with Gasteiger partial charge in [0.2, 0.25) is 0 Å². The third-order valence-corrected chi connectivity index (χ3v) is 4.66. The van der Waals surface area contributed by atoms with Crippen molar-refractivity contribution in [2.24, 2.45) is 0 Å². The first-order valence-corrected chi connectivity index (χ1v) is 9.22. The first-order chi connectivity index (χ1) is 13.7. The van der Waals surface area contributed by atoms with Gasteiger partial charge in [-0.2, -0.15) is 0 Å². The predicted octanol–water partition coefficient (Wildman–Crippen LogP) is 3.92. The van der Waals surface area contributed by atoms with Crippen molar-refractivity contribution in [1.82, 2.24) is 0 Å². The molecule has 0 heterocycles. The summed E-state index contributed by atoms with van der Waals surface area (Å²) in [5, 5.41) is 10.3. The van der Waals surface area contributed by atoms with Gasteiger partial charge in [0.25, 0.3) is 0 Å². The first-order valence-electron chi connectivity index (χ1n) is 9.22. The fourth-order valence-electron chi connectivity index (χ4n) is 3.32. The van der Waals surface area contributed by atoms with Crippen LogP contribution >= 0.6 is 0 Å².